The second-order valence-corrected chi connectivity index (χ2v) is 7.22. The van der Waals surface area contributed by atoms with Crippen LogP contribution in [0.15, 0.2) is 60.7 Å². The van der Waals surface area contributed by atoms with Gasteiger partial charge < -0.3 is 15.5 Å². The van der Waals surface area contributed by atoms with Crippen molar-refractivity contribution >= 4 is 17.8 Å². The summed E-state index contributed by atoms with van der Waals surface area (Å²) in [4.78, 5) is 36.9. The van der Waals surface area contributed by atoms with Crippen LogP contribution >= 0.6 is 0 Å². The highest BCUT2D eigenvalue weighted by Gasteiger charge is 2.50. The fourth-order valence-electron chi connectivity index (χ4n) is 3.21. The van der Waals surface area contributed by atoms with E-state index in [2.05, 4.69) is 5.32 Å². The second-order valence-electron chi connectivity index (χ2n) is 7.22. The first-order valence-corrected chi connectivity index (χ1v) is 9.10. The number of hydrogen-bond donors (Lipinski definition) is 3. The average molecular weight is 383 g/mol. The van der Waals surface area contributed by atoms with Crippen LogP contribution in [0.4, 0.5) is 0 Å². The van der Waals surface area contributed by atoms with Crippen molar-refractivity contribution in [3.8, 4) is 0 Å². The van der Waals surface area contributed by atoms with E-state index in [9.17, 15) is 24.6 Å². The molecule has 1 atom stereocenters. The van der Waals surface area contributed by atoms with Gasteiger partial charge in [0, 0.05) is 5.92 Å². The summed E-state index contributed by atoms with van der Waals surface area (Å²) < 4.78 is 0. The van der Waals surface area contributed by atoms with E-state index in [0.29, 0.717) is 11.1 Å². The molecule has 0 heterocycles. The number of carboxylic acids is 2. The summed E-state index contributed by atoms with van der Waals surface area (Å²) in [6.45, 7) is 3.26. The van der Waals surface area contributed by atoms with E-state index in [0.717, 1.165) is 0 Å². The zero-order valence-electron chi connectivity index (χ0n) is 16.0. The molecule has 0 bridgehead atoms. The maximum absolute atomic E-state index is 12.5. The van der Waals surface area contributed by atoms with Gasteiger partial charge in [-0.25, -0.2) is 4.79 Å². The first-order chi connectivity index (χ1) is 13.3. The lowest BCUT2D eigenvalue weighted by Gasteiger charge is -2.36. The zero-order chi connectivity index (χ0) is 20.7. The predicted octanol–water partition coefficient (Wildman–Crippen LogP) is 2.77. The molecule has 0 fully saturated rings. The van der Waals surface area contributed by atoms with Gasteiger partial charge >= 0.3 is 11.9 Å². The minimum absolute atomic E-state index is 0.0343. The van der Waals surface area contributed by atoms with Gasteiger partial charge in [0.2, 0.25) is 5.91 Å². The Kier molecular flexibility index (Phi) is 6.93. The third kappa shape index (κ3) is 4.97. The number of hydrogen-bond acceptors (Lipinski definition) is 3. The van der Waals surface area contributed by atoms with Gasteiger partial charge in [0.15, 0.2) is 0 Å². The van der Waals surface area contributed by atoms with Crippen molar-refractivity contribution in [2.24, 2.45) is 11.3 Å². The molecule has 0 aliphatic heterocycles. The first-order valence-electron chi connectivity index (χ1n) is 9.10. The van der Waals surface area contributed by atoms with E-state index in [1.165, 1.54) is 0 Å². The molecule has 0 saturated heterocycles. The van der Waals surface area contributed by atoms with Crippen molar-refractivity contribution in [1.29, 1.82) is 0 Å². The molecule has 0 saturated carbocycles. The van der Waals surface area contributed by atoms with Crippen LogP contribution in [0, 0.1) is 11.3 Å². The van der Waals surface area contributed by atoms with E-state index >= 15 is 0 Å². The smallest absolute Gasteiger partial charge is 0.327 e. The summed E-state index contributed by atoms with van der Waals surface area (Å²) in [6.07, 6.45) is -0.0686. The number of aliphatic carboxylic acids is 2. The molecular formula is C22H25NO5. The Hall–Kier alpha value is -3.15. The monoisotopic (exact) mass is 383 g/mol. The molecule has 0 aromatic heterocycles. The van der Waals surface area contributed by atoms with Crippen LogP contribution in [0.25, 0.3) is 0 Å². The summed E-state index contributed by atoms with van der Waals surface area (Å²) in [5.74, 6) is -3.61. The molecule has 2 rings (SSSR count). The largest absolute Gasteiger partial charge is 0.481 e. The lowest BCUT2D eigenvalue weighted by Crippen LogP contribution is -2.59. The molecule has 28 heavy (non-hydrogen) atoms. The number of carboxylic acid groups (broad SMARTS) is 2. The summed E-state index contributed by atoms with van der Waals surface area (Å²) >= 11 is 0. The zero-order valence-corrected chi connectivity index (χ0v) is 16.0. The molecule has 2 aromatic carbocycles. The van der Waals surface area contributed by atoms with Crippen molar-refractivity contribution < 1.29 is 24.6 Å². The topological polar surface area (TPSA) is 104 Å². The van der Waals surface area contributed by atoms with Crippen molar-refractivity contribution in [2.45, 2.75) is 32.7 Å². The first kappa shape index (κ1) is 21.2. The number of carbonyl (C=O) groups is 3. The van der Waals surface area contributed by atoms with Crippen molar-refractivity contribution in [2.75, 3.05) is 0 Å². The van der Waals surface area contributed by atoms with Crippen LogP contribution in [0.5, 0.6) is 0 Å². The molecule has 0 aliphatic carbocycles. The molecule has 6 nitrogen and oxygen atoms in total. The Bertz CT molecular complexity index is 776. The number of rotatable bonds is 9. The van der Waals surface area contributed by atoms with Gasteiger partial charge in [-0.05, 0) is 24.0 Å². The Morgan fingerprint density at radius 3 is 1.61 bits per heavy atom. The maximum Gasteiger partial charge on any atom is 0.327 e. The quantitative estimate of drug-likeness (QED) is 0.618. The van der Waals surface area contributed by atoms with Crippen LogP contribution in [-0.2, 0) is 27.2 Å². The molecular weight excluding hydrogens is 358 g/mol. The lowest BCUT2D eigenvalue weighted by molar-refractivity contribution is -0.160. The maximum atomic E-state index is 12.5. The summed E-state index contributed by atoms with van der Waals surface area (Å²) in [5, 5.41) is 22.5. The van der Waals surface area contributed by atoms with Gasteiger partial charge in [-0.2, -0.15) is 0 Å². The number of carbonyl (C=O) groups excluding carboxylic acids is 1. The van der Waals surface area contributed by atoms with Crippen LogP contribution in [-0.4, -0.2) is 34.1 Å². The van der Waals surface area contributed by atoms with E-state index in [-0.39, 0.29) is 12.8 Å². The molecule has 6 heteroatoms. The molecule has 0 unspecified atom stereocenters. The summed E-state index contributed by atoms with van der Waals surface area (Å²) in [5.41, 5.74) is -0.379. The highest BCUT2D eigenvalue weighted by molar-refractivity contribution is 5.91. The Morgan fingerprint density at radius 2 is 1.29 bits per heavy atom. The standard InChI is InChI=1S/C22H25NO5/c1-15(2)19(24)23-18(20(25)26)22(21(27)28,13-16-9-5-3-6-10-16)14-17-11-7-4-8-12-17/h3-12,15,18H,13-14H2,1-2H3,(H,23,24)(H,25,26)(H,27,28)/t18-/m1/s1. The third-order valence-corrected chi connectivity index (χ3v) is 4.76. The average Bonchev–Trinajstić information content (AvgIpc) is 2.66. The van der Waals surface area contributed by atoms with E-state index in [1.54, 1.807) is 74.5 Å². The highest BCUT2D eigenvalue weighted by atomic mass is 16.4. The molecule has 3 N–H and O–H groups in total. The van der Waals surface area contributed by atoms with Crippen LogP contribution < -0.4 is 5.32 Å². The molecule has 0 spiro atoms. The summed E-state index contributed by atoms with van der Waals surface area (Å²) in [7, 11) is 0. The van der Waals surface area contributed by atoms with E-state index in [4.69, 9.17) is 0 Å². The number of benzene rings is 2. The Morgan fingerprint density at radius 1 is 0.857 bits per heavy atom. The van der Waals surface area contributed by atoms with Gasteiger partial charge in [-0.15, -0.1) is 0 Å². The molecule has 2 aromatic rings. The fourth-order valence-corrected chi connectivity index (χ4v) is 3.21. The normalized spacial score (nSPS) is 12.4. The summed E-state index contributed by atoms with van der Waals surface area (Å²) in [6, 6.07) is 16.1. The molecule has 1 amide bonds. The van der Waals surface area contributed by atoms with Crippen LogP contribution in [0.2, 0.25) is 0 Å². The SMILES string of the molecule is CC(C)C(=O)N[C@H](C(=O)O)C(Cc1ccccc1)(Cc1ccccc1)C(=O)O. The minimum atomic E-state index is -1.75. The molecule has 0 radical (unpaired) electrons. The van der Waals surface area contributed by atoms with Crippen molar-refractivity contribution in [3.05, 3.63) is 71.8 Å². The van der Waals surface area contributed by atoms with Crippen LogP contribution in [0.3, 0.4) is 0 Å². The Labute approximate surface area is 164 Å². The second kappa shape index (κ2) is 9.17. The molecule has 148 valence electrons. The minimum Gasteiger partial charge on any atom is -0.481 e. The van der Waals surface area contributed by atoms with E-state index < -0.39 is 35.2 Å². The van der Waals surface area contributed by atoms with Gasteiger partial charge in [0.05, 0.1) is 0 Å². The van der Waals surface area contributed by atoms with Gasteiger partial charge in [-0.3, -0.25) is 9.59 Å². The highest BCUT2D eigenvalue weighted by Crippen LogP contribution is 2.33. The number of amides is 1. The van der Waals surface area contributed by atoms with Crippen molar-refractivity contribution in [1.82, 2.24) is 5.32 Å². The molecule has 0 aliphatic rings. The van der Waals surface area contributed by atoms with Gasteiger partial charge in [0.25, 0.3) is 0 Å². The third-order valence-electron chi connectivity index (χ3n) is 4.76. The fraction of sp³-hybridized carbons (Fsp3) is 0.318. The van der Waals surface area contributed by atoms with Gasteiger partial charge in [-0.1, -0.05) is 74.5 Å². The van der Waals surface area contributed by atoms with E-state index in [1.807, 2.05) is 0 Å². The van der Waals surface area contributed by atoms with Crippen LogP contribution in [0.1, 0.15) is 25.0 Å². The predicted molar refractivity (Wildman–Crippen MR) is 105 cm³/mol. The van der Waals surface area contributed by atoms with Crippen molar-refractivity contribution in [3.63, 3.8) is 0 Å². The Balaban J connectivity index is 2.57. The van der Waals surface area contributed by atoms with Gasteiger partial charge in [0.1, 0.15) is 11.5 Å². The number of nitrogens with one attached hydrogen (secondary N) is 1. The lowest BCUT2D eigenvalue weighted by atomic mass is 9.70.